The highest BCUT2D eigenvalue weighted by atomic mass is 79.9. The number of carboxylic acids is 1. The molecule has 2 rings (SSSR count). The molecule has 0 aliphatic carbocycles. The van der Waals surface area contributed by atoms with E-state index in [4.69, 9.17) is 0 Å². The average molecular weight is 327 g/mol. The predicted molar refractivity (Wildman–Crippen MR) is 75.1 cm³/mol. The fraction of sp³-hybridized carbons (Fsp3) is 0.385. The molecule has 5 nitrogen and oxygen atoms in total. The molecule has 2 amide bonds. The SMILES string of the molecule is CC1(C(=O)O)CCCN1C(=O)Nc1ccc(Br)cc1. The number of nitrogens with zero attached hydrogens (tertiary/aromatic N) is 1. The van der Waals surface area contributed by atoms with Crippen LogP contribution in [0.15, 0.2) is 28.7 Å². The summed E-state index contributed by atoms with van der Waals surface area (Å²) >= 11 is 3.31. The van der Waals surface area contributed by atoms with E-state index in [0.717, 1.165) is 4.47 Å². The number of likely N-dealkylation sites (tertiary alicyclic amines) is 1. The molecule has 1 aromatic carbocycles. The van der Waals surface area contributed by atoms with E-state index in [2.05, 4.69) is 21.2 Å². The molecule has 1 atom stereocenters. The Hall–Kier alpha value is -1.56. The van der Waals surface area contributed by atoms with Crippen LogP contribution in [-0.2, 0) is 4.79 Å². The molecule has 1 unspecified atom stereocenters. The summed E-state index contributed by atoms with van der Waals surface area (Å²) in [5, 5.41) is 12.0. The zero-order chi connectivity index (χ0) is 14.0. The van der Waals surface area contributed by atoms with Gasteiger partial charge in [0.15, 0.2) is 0 Å². The van der Waals surface area contributed by atoms with Crippen molar-refractivity contribution < 1.29 is 14.7 Å². The predicted octanol–water partition coefficient (Wildman–Crippen LogP) is 2.92. The molecule has 1 aliphatic heterocycles. The molecule has 102 valence electrons. The summed E-state index contributed by atoms with van der Waals surface area (Å²) in [6.45, 7) is 2.05. The Bertz CT molecular complexity index is 503. The minimum atomic E-state index is -1.11. The van der Waals surface area contributed by atoms with Crippen LogP contribution in [0.5, 0.6) is 0 Å². The molecule has 6 heteroatoms. The number of urea groups is 1. The van der Waals surface area contributed by atoms with E-state index in [9.17, 15) is 14.7 Å². The van der Waals surface area contributed by atoms with E-state index in [1.165, 1.54) is 4.90 Å². The molecule has 19 heavy (non-hydrogen) atoms. The molecular weight excluding hydrogens is 312 g/mol. The van der Waals surface area contributed by atoms with E-state index in [-0.39, 0.29) is 6.03 Å². The van der Waals surface area contributed by atoms with Crippen LogP contribution in [-0.4, -0.2) is 34.1 Å². The molecule has 0 spiro atoms. The Morgan fingerprint density at radius 1 is 1.37 bits per heavy atom. The third kappa shape index (κ3) is 2.73. The second-order valence-corrected chi connectivity index (χ2v) is 5.69. The average Bonchev–Trinajstić information content (AvgIpc) is 2.76. The van der Waals surface area contributed by atoms with Gasteiger partial charge in [-0.05, 0) is 44.0 Å². The topological polar surface area (TPSA) is 69.6 Å². The van der Waals surface area contributed by atoms with Crippen LogP contribution >= 0.6 is 15.9 Å². The highest BCUT2D eigenvalue weighted by molar-refractivity contribution is 9.10. The monoisotopic (exact) mass is 326 g/mol. The van der Waals surface area contributed by atoms with Crippen LogP contribution < -0.4 is 5.32 Å². The number of amides is 2. The number of carbonyl (C=O) groups is 2. The molecular formula is C13H15BrN2O3. The molecule has 1 fully saturated rings. The zero-order valence-electron chi connectivity index (χ0n) is 10.5. The third-order valence-corrected chi connectivity index (χ3v) is 3.97. The number of nitrogens with one attached hydrogen (secondary N) is 1. The molecule has 0 saturated carbocycles. The number of hydrogen-bond donors (Lipinski definition) is 2. The summed E-state index contributed by atoms with van der Waals surface area (Å²) in [6, 6.07) is 6.78. The van der Waals surface area contributed by atoms with Crippen LogP contribution in [0.25, 0.3) is 0 Å². The van der Waals surface area contributed by atoms with E-state index >= 15 is 0 Å². The first-order chi connectivity index (χ1) is 8.93. The zero-order valence-corrected chi connectivity index (χ0v) is 12.1. The van der Waals surface area contributed by atoms with Crippen LogP contribution in [0, 0.1) is 0 Å². The number of benzene rings is 1. The van der Waals surface area contributed by atoms with Gasteiger partial charge >= 0.3 is 12.0 Å². The first-order valence-electron chi connectivity index (χ1n) is 6.01. The maximum Gasteiger partial charge on any atom is 0.329 e. The van der Waals surface area contributed by atoms with Gasteiger partial charge in [0, 0.05) is 16.7 Å². The van der Waals surface area contributed by atoms with Crippen molar-refractivity contribution >= 4 is 33.6 Å². The van der Waals surface area contributed by atoms with Gasteiger partial charge in [0.2, 0.25) is 0 Å². The van der Waals surface area contributed by atoms with Crippen molar-refractivity contribution in [3.8, 4) is 0 Å². The van der Waals surface area contributed by atoms with Crippen molar-refractivity contribution in [1.82, 2.24) is 4.90 Å². The Labute approximate surface area is 119 Å². The largest absolute Gasteiger partial charge is 0.480 e. The number of halogens is 1. The number of aliphatic carboxylic acids is 1. The Morgan fingerprint density at radius 3 is 2.58 bits per heavy atom. The van der Waals surface area contributed by atoms with Crippen LogP contribution in [0.2, 0.25) is 0 Å². The van der Waals surface area contributed by atoms with Gasteiger partial charge in [0.25, 0.3) is 0 Å². The standard InChI is InChI=1S/C13H15BrN2O3/c1-13(11(17)18)7-2-8-16(13)12(19)15-10-5-3-9(14)4-6-10/h3-6H,2,7-8H2,1H3,(H,15,19)(H,17,18). The van der Waals surface area contributed by atoms with Gasteiger partial charge in [0.05, 0.1) is 0 Å². The number of hydrogen-bond acceptors (Lipinski definition) is 2. The van der Waals surface area contributed by atoms with E-state index < -0.39 is 11.5 Å². The summed E-state index contributed by atoms with van der Waals surface area (Å²) in [6.07, 6.45) is 1.19. The van der Waals surface area contributed by atoms with Crippen molar-refractivity contribution in [2.45, 2.75) is 25.3 Å². The molecule has 1 heterocycles. The first kappa shape index (κ1) is 13.9. The lowest BCUT2D eigenvalue weighted by molar-refractivity contribution is -0.146. The molecule has 0 radical (unpaired) electrons. The lowest BCUT2D eigenvalue weighted by Gasteiger charge is -2.31. The maximum atomic E-state index is 12.2. The van der Waals surface area contributed by atoms with E-state index in [1.54, 1.807) is 19.1 Å². The minimum Gasteiger partial charge on any atom is -0.480 e. The van der Waals surface area contributed by atoms with E-state index in [0.29, 0.717) is 25.1 Å². The molecule has 1 aromatic rings. The Balaban J connectivity index is 2.11. The molecule has 0 aromatic heterocycles. The second-order valence-electron chi connectivity index (χ2n) is 4.77. The number of anilines is 1. The van der Waals surface area contributed by atoms with Crippen LogP contribution in [0.4, 0.5) is 10.5 Å². The summed E-state index contributed by atoms with van der Waals surface area (Å²) in [5.74, 6) is -0.962. The van der Waals surface area contributed by atoms with Crippen LogP contribution in [0.3, 0.4) is 0 Å². The molecule has 2 N–H and O–H groups in total. The summed E-state index contributed by atoms with van der Waals surface area (Å²) in [5.41, 5.74) is -0.466. The molecule has 1 saturated heterocycles. The maximum absolute atomic E-state index is 12.2. The highest BCUT2D eigenvalue weighted by Gasteiger charge is 2.45. The van der Waals surface area contributed by atoms with Gasteiger partial charge in [-0.25, -0.2) is 9.59 Å². The van der Waals surface area contributed by atoms with E-state index in [1.807, 2.05) is 12.1 Å². The second kappa shape index (κ2) is 5.21. The fourth-order valence-electron chi connectivity index (χ4n) is 2.24. The van der Waals surface area contributed by atoms with Crippen LogP contribution in [0.1, 0.15) is 19.8 Å². The Kier molecular flexibility index (Phi) is 3.80. The van der Waals surface area contributed by atoms with Gasteiger partial charge < -0.3 is 15.3 Å². The smallest absolute Gasteiger partial charge is 0.329 e. The number of carboxylic acid groups (broad SMARTS) is 1. The lowest BCUT2D eigenvalue weighted by atomic mass is 10.00. The summed E-state index contributed by atoms with van der Waals surface area (Å²) < 4.78 is 0.919. The minimum absolute atomic E-state index is 0.371. The quantitative estimate of drug-likeness (QED) is 0.877. The lowest BCUT2D eigenvalue weighted by Crippen LogP contribution is -2.52. The highest BCUT2D eigenvalue weighted by Crippen LogP contribution is 2.30. The van der Waals surface area contributed by atoms with Crippen molar-refractivity contribution in [3.63, 3.8) is 0 Å². The van der Waals surface area contributed by atoms with Gasteiger partial charge in [-0.15, -0.1) is 0 Å². The fourth-order valence-corrected chi connectivity index (χ4v) is 2.50. The molecule has 1 aliphatic rings. The van der Waals surface area contributed by atoms with Crippen molar-refractivity contribution in [2.75, 3.05) is 11.9 Å². The van der Waals surface area contributed by atoms with Crippen molar-refractivity contribution in [1.29, 1.82) is 0 Å². The van der Waals surface area contributed by atoms with Gasteiger partial charge in [-0.2, -0.15) is 0 Å². The van der Waals surface area contributed by atoms with Crippen molar-refractivity contribution in [2.24, 2.45) is 0 Å². The normalized spacial score (nSPS) is 22.3. The van der Waals surface area contributed by atoms with Gasteiger partial charge in [-0.3, -0.25) is 0 Å². The number of carbonyl (C=O) groups excluding carboxylic acids is 1. The molecule has 0 bridgehead atoms. The summed E-state index contributed by atoms with van der Waals surface area (Å²) in [7, 11) is 0. The third-order valence-electron chi connectivity index (χ3n) is 3.44. The van der Waals surface area contributed by atoms with Crippen molar-refractivity contribution in [3.05, 3.63) is 28.7 Å². The Morgan fingerprint density at radius 2 is 2.00 bits per heavy atom. The van der Waals surface area contributed by atoms with Gasteiger partial charge in [-0.1, -0.05) is 15.9 Å². The first-order valence-corrected chi connectivity index (χ1v) is 6.80. The number of rotatable bonds is 2. The summed E-state index contributed by atoms with van der Waals surface area (Å²) in [4.78, 5) is 24.9. The van der Waals surface area contributed by atoms with Gasteiger partial charge in [0.1, 0.15) is 5.54 Å².